The first kappa shape index (κ1) is 38.0. The van der Waals surface area contributed by atoms with Crippen molar-refractivity contribution in [3.8, 4) is 0 Å². The first-order valence-corrected chi connectivity index (χ1v) is 18.2. The van der Waals surface area contributed by atoms with Gasteiger partial charge in [-0.25, -0.2) is 4.79 Å². The fourth-order valence-corrected chi connectivity index (χ4v) is 6.46. The Labute approximate surface area is 263 Å². The molecule has 2 aliphatic rings. The van der Waals surface area contributed by atoms with E-state index >= 15 is 0 Å². The number of aliphatic hydroxyl groups is 3. The average Bonchev–Trinajstić information content (AvgIpc) is 3.60. The van der Waals surface area contributed by atoms with Gasteiger partial charge in [0.2, 0.25) is 0 Å². The minimum Gasteiger partial charge on any atom is -0.455 e. The van der Waals surface area contributed by atoms with Gasteiger partial charge in [-0.2, -0.15) is 0 Å². The molecule has 1 unspecified atom stereocenters. The van der Waals surface area contributed by atoms with Gasteiger partial charge in [0.25, 0.3) is 0 Å². The number of allylic oxidation sites excluding steroid dienone is 2. The van der Waals surface area contributed by atoms with Crippen LogP contribution < -0.4 is 0 Å². The number of rotatable bonds is 27. The summed E-state index contributed by atoms with van der Waals surface area (Å²) in [5, 5.41) is 31.4. The Morgan fingerprint density at radius 3 is 1.81 bits per heavy atom. The van der Waals surface area contributed by atoms with Crippen LogP contribution in [0, 0.1) is 0 Å². The number of carbonyl (C=O) groups is 1. The maximum absolute atomic E-state index is 11.6. The van der Waals surface area contributed by atoms with E-state index in [1.807, 2.05) is 13.0 Å². The van der Waals surface area contributed by atoms with Gasteiger partial charge in [0.1, 0.15) is 6.10 Å². The molecular weight excluding hydrogens is 540 g/mol. The first-order chi connectivity index (χ1) is 20.9. The molecule has 3 N–H and O–H groups in total. The molecule has 0 bridgehead atoms. The van der Waals surface area contributed by atoms with Crippen LogP contribution in [-0.2, 0) is 14.3 Å². The fraction of sp³-hybridized carbons (Fsp3) is 0.865. The second-order valence-corrected chi connectivity index (χ2v) is 13.3. The SMILES string of the molecule is CCCCCCCCCC/C=C\CCC(O)[C@@H]1CC[C@H]([C@H](O)CCCCCCCCCC[C@@H](O)CC2=C[C@H](C)OC2=O)O1. The third-order valence-electron chi connectivity index (χ3n) is 9.20. The van der Waals surface area contributed by atoms with Crippen LogP contribution in [0.3, 0.4) is 0 Å². The number of hydrogen-bond donors (Lipinski definition) is 3. The van der Waals surface area contributed by atoms with Crippen molar-refractivity contribution in [2.75, 3.05) is 0 Å². The highest BCUT2D eigenvalue weighted by Crippen LogP contribution is 2.28. The highest BCUT2D eigenvalue weighted by Gasteiger charge is 2.34. The molecule has 0 amide bonds. The first-order valence-electron chi connectivity index (χ1n) is 18.2. The van der Waals surface area contributed by atoms with E-state index in [-0.39, 0.29) is 24.3 Å². The third-order valence-corrected chi connectivity index (χ3v) is 9.20. The number of cyclic esters (lactones) is 1. The molecule has 250 valence electrons. The Hall–Kier alpha value is -1.21. The molecule has 0 saturated carbocycles. The van der Waals surface area contributed by atoms with Crippen LogP contribution >= 0.6 is 0 Å². The quantitative estimate of drug-likeness (QED) is 0.0492. The van der Waals surface area contributed by atoms with Gasteiger partial charge in [-0.1, -0.05) is 115 Å². The van der Waals surface area contributed by atoms with E-state index in [0.717, 1.165) is 70.6 Å². The summed E-state index contributed by atoms with van der Waals surface area (Å²) in [7, 11) is 0. The van der Waals surface area contributed by atoms with Crippen LogP contribution in [0.5, 0.6) is 0 Å². The van der Waals surface area contributed by atoms with Crippen LogP contribution in [0.15, 0.2) is 23.8 Å². The number of unbranched alkanes of at least 4 members (excludes halogenated alkanes) is 15. The van der Waals surface area contributed by atoms with E-state index in [0.29, 0.717) is 12.0 Å². The van der Waals surface area contributed by atoms with E-state index in [2.05, 4.69) is 19.1 Å². The zero-order chi connectivity index (χ0) is 31.1. The van der Waals surface area contributed by atoms with Crippen molar-refractivity contribution in [2.45, 2.75) is 205 Å². The lowest BCUT2D eigenvalue weighted by molar-refractivity contribution is -0.139. The lowest BCUT2D eigenvalue weighted by atomic mass is 10.00. The van der Waals surface area contributed by atoms with Crippen molar-refractivity contribution in [3.05, 3.63) is 23.8 Å². The molecule has 0 aromatic heterocycles. The van der Waals surface area contributed by atoms with Gasteiger partial charge in [0.05, 0.1) is 30.5 Å². The van der Waals surface area contributed by atoms with Gasteiger partial charge in [-0.05, 0) is 64.4 Å². The van der Waals surface area contributed by atoms with Crippen molar-refractivity contribution in [1.29, 1.82) is 0 Å². The lowest BCUT2D eigenvalue weighted by Gasteiger charge is -2.22. The van der Waals surface area contributed by atoms with E-state index in [9.17, 15) is 20.1 Å². The Morgan fingerprint density at radius 1 is 0.721 bits per heavy atom. The molecule has 2 rings (SSSR count). The number of aliphatic hydroxyl groups excluding tert-OH is 3. The number of esters is 1. The van der Waals surface area contributed by atoms with Gasteiger partial charge in [-0.15, -0.1) is 0 Å². The maximum Gasteiger partial charge on any atom is 0.334 e. The molecule has 2 aliphatic heterocycles. The van der Waals surface area contributed by atoms with Crippen molar-refractivity contribution in [3.63, 3.8) is 0 Å². The van der Waals surface area contributed by atoms with Crippen LogP contribution in [0.1, 0.15) is 168 Å². The van der Waals surface area contributed by atoms with E-state index in [1.165, 1.54) is 77.0 Å². The Balaban J connectivity index is 1.38. The van der Waals surface area contributed by atoms with Crippen LogP contribution in [0.2, 0.25) is 0 Å². The second kappa shape index (κ2) is 24.1. The standard InChI is InChI=1S/C37H66O6/c1-3-4-5-6-7-8-9-10-11-15-18-21-24-33(39)35-26-27-36(43-35)34(40)25-22-19-16-13-12-14-17-20-23-32(38)29-31-28-30(2)42-37(31)41/h15,18,28,30,32-36,38-40H,3-14,16-17,19-27,29H2,1-2H3/b18-15-/t30-,32+,33?,34+,35-,36+/m0/s1. The molecule has 6 heteroatoms. The van der Waals surface area contributed by atoms with Gasteiger partial charge < -0.3 is 24.8 Å². The van der Waals surface area contributed by atoms with Crippen molar-refractivity contribution >= 4 is 5.97 Å². The van der Waals surface area contributed by atoms with Crippen molar-refractivity contribution in [2.24, 2.45) is 0 Å². The molecule has 6 atom stereocenters. The minimum atomic E-state index is -0.464. The molecule has 1 saturated heterocycles. The highest BCUT2D eigenvalue weighted by molar-refractivity contribution is 5.90. The van der Waals surface area contributed by atoms with Crippen molar-refractivity contribution in [1.82, 2.24) is 0 Å². The molecule has 43 heavy (non-hydrogen) atoms. The topological polar surface area (TPSA) is 96.2 Å². The van der Waals surface area contributed by atoms with E-state index < -0.39 is 18.3 Å². The largest absolute Gasteiger partial charge is 0.455 e. The van der Waals surface area contributed by atoms with E-state index in [4.69, 9.17) is 9.47 Å². The van der Waals surface area contributed by atoms with Crippen molar-refractivity contribution < 1.29 is 29.6 Å². The van der Waals surface area contributed by atoms with Gasteiger partial charge in [0.15, 0.2) is 0 Å². The summed E-state index contributed by atoms with van der Waals surface area (Å²) >= 11 is 0. The molecule has 1 fully saturated rings. The molecule has 0 aromatic rings. The molecule has 2 heterocycles. The summed E-state index contributed by atoms with van der Waals surface area (Å²) in [5.41, 5.74) is 0.615. The Kier molecular flexibility index (Phi) is 21.3. The van der Waals surface area contributed by atoms with Crippen LogP contribution in [-0.4, -0.2) is 57.9 Å². The van der Waals surface area contributed by atoms with Gasteiger partial charge >= 0.3 is 5.97 Å². The number of carbonyl (C=O) groups excluding carboxylic acids is 1. The summed E-state index contributed by atoms with van der Waals surface area (Å²) in [5.74, 6) is -0.282. The third kappa shape index (κ3) is 17.8. The van der Waals surface area contributed by atoms with E-state index in [1.54, 1.807) is 0 Å². The zero-order valence-corrected chi connectivity index (χ0v) is 27.7. The summed E-state index contributed by atoms with van der Waals surface area (Å²) < 4.78 is 11.2. The van der Waals surface area contributed by atoms with Gasteiger partial charge in [-0.3, -0.25) is 0 Å². The number of hydrogen-bond acceptors (Lipinski definition) is 6. The maximum atomic E-state index is 11.6. The average molecular weight is 607 g/mol. The lowest BCUT2D eigenvalue weighted by Crippen LogP contribution is -2.30. The van der Waals surface area contributed by atoms with Crippen LogP contribution in [0.4, 0.5) is 0 Å². The molecule has 0 aromatic carbocycles. The highest BCUT2D eigenvalue weighted by atomic mass is 16.5. The number of ether oxygens (including phenoxy) is 2. The van der Waals surface area contributed by atoms with Gasteiger partial charge in [0, 0.05) is 12.0 Å². The normalized spacial score (nSPS) is 22.7. The summed E-state index contributed by atoms with van der Waals surface area (Å²) in [6.45, 7) is 4.10. The minimum absolute atomic E-state index is 0.133. The monoisotopic (exact) mass is 606 g/mol. The van der Waals surface area contributed by atoms with Crippen LogP contribution in [0.25, 0.3) is 0 Å². The zero-order valence-electron chi connectivity index (χ0n) is 27.7. The molecule has 0 radical (unpaired) electrons. The molecule has 6 nitrogen and oxygen atoms in total. The smallest absolute Gasteiger partial charge is 0.334 e. The molecule has 0 aliphatic carbocycles. The summed E-state index contributed by atoms with van der Waals surface area (Å²) in [4.78, 5) is 11.6. The Bertz CT molecular complexity index is 764. The molecule has 0 spiro atoms. The fourth-order valence-electron chi connectivity index (χ4n) is 6.46. The Morgan fingerprint density at radius 2 is 1.23 bits per heavy atom. The predicted molar refractivity (Wildman–Crippen MR) is 176 cm³/mol. The summed E-state index contributed by atoms with van der Waals surface area (Å²) in [6.07, 6.45) is 30.7. The molecular formula is C37H66O6. The predicted octanol–water partition coefficient (Wildman–Crippen LogP) is 8.65. The summed E-state index contributed by atoms with van der Waals surface area (Å²) in [6, 6.07) is 0. The second-order valence-electron chi connectivity index (χ2n) is 13.3.